The third-order valence-corrected chi connectivity index (χ3v) is 4.21. The lowest BCUT2D eigenvalue weighted by molar-refractivity contribution is -0.137. The Morgan fingerprint density at radius 3 is 2.50 bits per heavy atom. The maximum Gasteiger partial charge on any atom is 0.416 e. The second kappa shape index (κ2) is 9.33. The van der Waals surface area contributed by atoms with Crippen molar-refractivity contribution in [3.63, 3.8) is 0 Å². The van der Waals surface area contributed by atoms with Crippen molar-refractivity contribution in [2.45, 2.75) is 12.6 Å². The fraction of sp³-hybridized carbons (Fsp3) is 0.263. The highest BCUT2D eigenvalue weighted by molar-refractivity contribution is 5.80. The summed E-state index contributed by atoms with van der Waals surface area (Å²) in [4.78, 5) is 14.6. The molecule has 0 spiro atoms. The van der Waals surface area contributed by atoms with Crippen molar-refractivity contribution in [2.75, 3.05) is 18.5 Å². The number of hydrogen-bond acceptors (Lipinski definition) is 6. The van der Waals surface area contributed by atoms with Crippen LogP contribution in [0.25, 0.3) is 11.6 Å². The van der Waals surface area contributed by atoms with Crippen LogP contribution >= 0.6 is 0 Å². The number of amides is 1. The van der Waals surface area contributed by atoms with E-state index in [0.29, 0.717) is 30.0 Å². The molecule has 3 heterocycles. The number of benzene rings is 1. The van der Waals surface area contributed by atoms with Crippen LogP contribution in [0.2, 0.25) is 0 Å². The normalized spacial score (nSPS) is 15.9. The van der Waals surface area contributed by atoms with Crippen LogP contribution in [0.4, 0.5) is 28.9 Å². The van der Waals surface area contributed by atoms with Gasteiger partial charge in [-0.25, -0.2) is 4.98 Å². The summed E-state index contributed by atoms with van der Waals surface area (Å²) < 4.78 is 54.4. The summed E-state index contributed by atoms with van der Waals surface area (Å²) in [5, 5.41) is 12.9. The number of carbonyl (C=O) groups excluding carboxylic acids is 1. The second-order valence-corrected chi connectivity index (χ2v) is 6.27. The number of anilines is 2. The first-order valence-corrected chi connectivity index (χ1v) is 8.88. The molecule has 0 aliphatic carbocycles. The zero-order valence-electron chi connectivity index (χ0n) is 15.5. The minimum absolute atomic E-state index is 0.132. The molecule has 1 aliphatic rings. The van der Waals surface area contributed by atoms with Crippen LogP contribution in [0.3, 0.4) is 0 Å². The van der Waals surface area contributed by atoms with Gasteiger partial charge in [0.05, 0.1) is 17.2 Å². The lowest BCUT2D eigenvalue weighted by Crippen LogP contribution is -2.19. The maximum atomic E-state index is 12.5. The number of nitrogens with one attached hydrogen (secondary N) is 2. The van der Waals surface area contributed by atoms with Crippen molar-refractivity contribution in [2.24, 2.45) is 5.92 Å². The standard InChI is InChI=1S/C14H9F3N4O.C5H8FNO/c15-14(16,17)9-3-5-10(6-4-9)20-11-2-1-7-18-12(11)13-21-19-8-22-13;6-3-4-1-2-7-5(4)8/h1-8,20H;4H,1-3H2,(H,7,8). The number of halogens is 4. The largest absolute Gasteiger partial charge is 0.422 e. The molecule has 1 atom stereocenters. The molecule has 30 heavy (non-hydrogen) atoms. The lowest BCUT2D eigenvalue weighted by Gasteiger charge is -2.11. The van der Waals surface area contributed by atoms with Crippen LogP contribution in [0.15, 0.2) is 53.4 Å². The van der Waals surface area contributed by atoms with Crippen LogP contribution in [-0.2, 0) is 11.0 Å². The van der Waals surface area contributed by atoms with Gasteiger partial charge in [0.2, 0.25) is 12.3 Å². The molecule has 11 heteroatoms. The molecule has 158 valence electrons. The summed E-state index contributed by atoms with van der Waals surface area (Å²) in [5.74, 6) is -0.266. The third kappa shape index (κ3) is 5.31. The molecule has 0 saturated carbocycles. The lowest BCUT2D eigenvalue weighted by atomic mass is 10.1. The Labute approximate surface area is 168 Å². The first-order valence-electron chi connectivity index (χ1n) is 8.88. The van der Waals surface area contributed by atoms with Gasteiger partial charge in [0, 0.05) is 18.4 Å². The number of carbonyl (C=O) groups is 1. The zero-order valence-corrected chi connectivity index (χ0v) is 15.5. The molecule has 1 fully saturated rings. The van der Waals surface area contributed by atoms with E-state index >= 15 is 0 Å². The van der Waals surface area contributed by atoms with E-state index in [2.05, 4.69) is 25.8 Å². The van der Waals surface area contributed by atoms with E-state index in [9.17, 15) is 22.4 Å². The molecule has 1 aliphatic heterocycles. The number of aromatic nitrogens is 3. The van der Waals surface area contributed by atoms with Gasteiger partial charge in [-0.05, 0) is 42.8 Å². The van der Waals surface area contributed by atoms with Gasteiger partial charge in [0.15, 0.2) is 5.69 Å². The Morgan fingerprint density at radius 1 is 1.20 bits per heavy atom. The van der Waals surface area contributed by atoms with Crippen LogP contribution in [0.5, 0.6) is 0 Å². The van der Waals surface area contributed by atoms with E-state index in [-0.39, 0.29) is 17.7 Å². The van der Waals surface area contributed by atoms with Gasteiger partial charge in [-0.2, -0.15) is 13.2 Å². The van der Waals surface area contributed by atoms with Gasteiger partial charge in [0.1, 0.15) is 6.67 Å². The van der Waals surface area contributed by atoms with Crippen molar-refractivity contribution in [3.05, 3.63) is 54.6 Å². The van der Waals surface area contributed by atoms with E-state index in [0.717, 1.165) is 12.1 Å². The molecule has 1 aromatic carbocycles. The fourth-order valence-electron chi connectivity index (χ4n) is 2.64. The quantitative estimate of drug-likeness (QED) is 0.617. The Bertz CT molecular complexity index is 962. The third-order valence-electron chi connectivity index (χ3n) is 4.21. The van der Waals surface area contributed by atoms with Gasteiger partial charge in [-0.1, -0.05) is 0 Å². The highest BCUT2D eigenvalue weighted by Crippen LogP contribution is 2.31. The van der Waals surface area contributed by atoms with Crippen molar-refractivity contribution >= 4 is 17.3 Å². The number of alkyl halides is 4. The Balaban J connectivity index is 0.000000269. The van der Waals surface area contributed by atoms with Gasteiger partial charge >= 0.3 is 6.18 Å². The minimum Gasteiger partial charge on any atom is -0.422 e. The summed E-state index contributed by atoms with van der Waals surface area (Å²) in [7, 11) is 0. The molecule has 1 saturated heterocycles. The van der Waals surface area contributed by atoms with Gasteiger partial charge in [-0.15, -0.1) is 10.2 Å². The molecule has 2 aromatic heterocycles. The Hall–Kier alpha value is -3.50. The molecular formula is C19H17F4N5O2. The average Bonchev–Trinajstić information content (AvgIpc) is 3.40. The molecule has 0 radical (unpaired) electrons. The van der Waals surface area contributed by atoms with E-state index in [4.69, 9.17) is 4.42 Å². The number of nitrogens with zero attached hydrogens (tertiary/aromatic N) is 3. The first kappa shape index (κ1) is 21.2. The summed E-state index contributed by atoms with van der Waals surface area (Å²) >= 11 is 0. The first-order chi connectivity index (χ1) is 14.4. The van der Waals surface area contributed by atoms with Crippen molar-refractivity contribution in [3.8, 4) is 11.6 Å². The predicted molar refractivity (Wildman–Crippen MR) is 99.3 cm³/mol. The van der Waals surface area contributed by atoms with Crippen molar-refractivity contribution < 1.29 is 26.8 Å². The van der Waals surface area contributed by atoms with E-state index < -0.39 is 18.4 Å². The van der Waals surface area contributed by atoms with Crippen LogP contribution in [0.1, 0.15) is 12.0 Å². The molecule has 1 unspecified atom stereocenters. The average molecular weight is 423 g/mol. The van der Waals surface area contributed by atoms with E-state index in [1.807, 2.05) is 0 Å². The highest BCUT2D eigenvalue weighted by Gasteiger charge is 2.30. The van der Waals surface area contributed by atoms with Crippen LogP contribution < -0.4 is 10.6 Å². The predicted octanol–water partition coefficient (Wildman–Crippen LogP) is 3.99. The molecule has 3 aromatic rings. The summed E-state index contributed by atoms with van der Waals surface area (Å²) in [5.41, 5.74) is 0.745. The molecule has 7 nitrogen and oxygen atoms in total. The zero-order chi connectivity index (χ0) is 21.6. The van der Waals surface area contributed by atoms with Gasteiger partial charge < -0.3 is 15.1 Å². The summed E-state index contributed by atoms with van der Waals surface area (Å²) in [6.45, 7) is 0.138. The SMILES string of the molecule is FC(F)(F)c1ccc(Nc2cccnc2-c2nnco2)cc1.O=C1NCCC1CF. The fourth-order valence-corrected chi connectivity index (χ4v) is 2.64. The molecule has 1 amide bonds. The number of pyridine rings is 1. The second-order valence-electron chi connectivity index (χ2n) is 6.27. The topological polar surface area (TPSA) is 92.9 Å². The minimum atomic E-state index is -4.36. The molecule has 2 N–H and O–H groups in total. The van der Waals surface area contributed by atoms with Crippen molar-refractivity contribution in [1.82, 2.24) is 20.5 Å². The summed E-state index contributed by atoms with van der Waals surface area (Å²) in [6.07, 6.45) is -0.972. The maximum absolute atomic E-state index is 12.5. The number of hydrogen-bond donors (Lipinski definition) is 2. The van der Waals surface area contributed by atoms with Crippen LogP contribution in [-0.4, -0.2) is 34.3 Å². The highest BCUT2D eigenvalue weighted by atomic mass is 19.4. The Morgan fingerprint density at radius 2 is 1.97 bits per heavy atom. The summed E-state index contributed by atoms with van der Waals surface area (Å²) in [6, 6.07) is 8.09. The molecule has 4 rings (SSSR count). The number of rotatable bonds is 4. The monoisotopic (exact) mass is 423 g/mol. The van der Waals surface area contributed by atoms with Gasteiger partial charge in [0.25, 0.3) is 5.89 Å². The smallest absolute Gasteiger partial charge is 0.416 e. The van der Waals surface area contributed by atoms with E-state index in [1.54, 1.807) is 18.3 Å². The van der Waals surface area contributed by atoms with Crippen LogP contribution in [0, 0.1) is 5.92 Å². The van der Waals surface area contributed by atoms with Gasteiger partial charge in [-0.3, -0.25) is 9.18 Å². The van der Waals surface area contributed by atoms with Crippen molar-refractivity contribution in [1.29, 1.82) is 0 Å². The Kier molecular flexibility index (Phi) is 6.60. The van der Waals surface area contributed by atoms with E-state index in [1.165, 1.54) is 18.5 Å². The molecule has 0 bridgehead atoms. The molecular weight excluding hydrogens is 406 g/mol.